The molecule has 5 nitrogen and oxygen atoms in total. The molecule has 1 heterocycles. The molecule has 1 aliphatic heterocycles. The van der Waals surface area contributed by atoms with Crippen LogP contribution in [0.25, 0.3) is 0 Å². The molecule has 2 amide bonds. The van der Waals surface area contributed by atoms with Crippen LogP contribution in [-0.4, -0.2) is 42.9 Å². The minimum absolute atomic E-state index is 0. The Bertz CT molecular complexity index is 487. The Morgan fingerprint density at radius 2 is 1.86 bits per heavy atom. The van der Waals surface area contributed by atoms with Gasteiger partial charge in [-0.2, -0.15) is 0 Å². The number of hydrogen-bond acceptors (Lipinski definition) is 3. The summed E-state index contributed by atoms with van der Waals surface area (Å²) < 4.78 is 0. The van der Waals surface area contributed by atoms with Crippen molar-refractivity contribution in [3.63, 3.8) is 0 Å². The lowest BCUT2D eigenvalue weighted by atomic mass is 9.95. The highest BCUT2D eigenvalue weighted by Crippen LogP contribution is 2.18. The third kappa shape index (κ3) is 4.71. The van der Waals surface area contributed by atoms with Gasteiger partial charge in [-0.15, -0.1) is 12.4 Å². The van der Waals surface area contributed by atoms with E-state index in [4.69, 9.17) is 5.73 Å². The molecule has 0 aliphatic carbocycles. The predicted molar refractivity (Wildman–Crippen MR) is 88.7 cm³/mol. The van der Waals surface area contributed by atoms with Crippen molar-refractivity contribution in [2.24, 2.45) is 11.7 Å². The highest BCUT2D eigenvalue weighted by atomic mass is 35.5. The Morgan fingerprint density at radius 1 is 1.27 bits per heavy atom. The van der Waals surface area contributed by atoms with Gasteiger partial charge in [0.15, 0.2) is 0 Å². The van der Waals surface area contributed by atoms with Gasteiger partial charge >= 0.3 is 0 Å². The van der Waals surface area contributed by atoms with Crippen LogP contribution in [0.4, 0.5) is 0 Å². The monoisotopic (exact) mass is 325 g/mol. The second-order valence-corrected chi connectivity index (χ2v) is 5.51. The zero-order valence-corrected chi connectivity index (χ0v) is 13.6. The molecule has 1 aromatic carbocycles. The average molecular weight is 326 g/mol. The van der Waals surface area contributed by atoms with E-state index in [-0.39, 0.29) is 30.1 Å². The predicted octanol–water partition coefficient (Wildman–Crippen LogP) is 0.963. The third-order valence-electron chi connectivity index (χ3n) is 4.04. The Balaban J connectivity index is 0.00000242. The van der Waals surface area contributed by atoms with Crippen molar-refractivity contribution in [3.8, 4) is 0 Å². The molecule has 2 rings (SSSR count). The van der Waals surface area contributed by atoms with E-state index in [2.05, 4.69) is 5.32 Å². The summed E-state index contributed by atoms with van der Waals surface area (Å²) in [5, 5.41) is 2.67. The Morgan fingerprint density at radius 3 is 2.41 bits per heavy atom. The number of amides is 2. The van der Waals surface area contributed by atoms with Gasteiger partial charge in [-0.1, -0.05) is 30.3 Å². The van der Waals surface area contributed by atoms with Gasteiger partial charge in [0.1, 0.15) is 0 Å². The molecule has 22 heavy (non-hydrogen) atoms. The number of nitrogens with zero attached hydrogens (tertiary/aromatic N) is 1. The molecule has 1 atom stereocenters. The Kier molecular flexibility index (Phi) is 7.35. The molecule has 6 heteroatoms. The molecular weight excluding hydrogens is 302 g/mol. The number of nitrogens with two attached hydrogens (primary N) is 1. The summed E-state index contributed by atoms with van der Waals surface area (Å²) in [6.45, 7) is 1.22. The second-order valence-electron chi connectivity index (χ2n) is 5.51. The zero-order valence-electron chi connectivity index (χ0n) is 12.8. The molecule has 1 aliphatic rings. The van der Waals surface area contributed by atoms with E-state index in [0.29, 0.717) is 32.4 Å². The number of carbonyl (C=O) groups excluding carboxylic acids is 2. The van der Waals surface area contributed by atoms with Crippen molar-refractivity contribution in [1.82, 2.24) is 10.2 Å². The van der Waals surface area contributed by atoms with Crippen LogP contribution in [0.2, 0.25) is 0 Å². The summed E-state index contributed by atoms with van der Waals surface area (Å²) in [6.07, 6.45) is 1.97. The lowest BCUT2D eigenvalue weighted by Gasteiger charge is -2.32. The van der Waals surface area contributed by atoms with Crippen LogP contribution in [0.3, 0.4) is 0 Å². The lowest BCUT2D eigenvalue weighted by Crippen LogP contribution is -2.49. The van der Waals surface area contributed by atoms with E-state index < -0.39 is 6.04 Å². The van der Waals surface area contributed by atoms with Crippen molar-refractivity contribution in [3.05, 3.63) is 35.9 Å². The molecule has 0 spiro atoms. The first-order chi connectivity index (χ1) is 10.1. The second kappa shape index (κ2) is 8.76. The SMILES string of the molecule is CNC(=O)C1CCN(C(=O)C(N)Cc2ccccc2)CC1.Cl. The van der Waals surface area contributed by atoms with Crippen LogP contribution in [-0.2, 0) is 16.0 Å². The Labute approximate surface area is 137 Å². The summed E-state index contributed by atoms with van der Waals surface area (Å²) in [5.41, 5.74) is 7.10. The van der Waals surface area contributed by atoms with E-state index in [1.165, 1.54) is 0 Å². The van der Waals surface area contributed by atoms with Crippen LogP contribution >= 0.6 is 12.4 Å². The molecule has 122 valence electrons. The fraction of sp³-hybridized carbons (Fsp3) is 0.500. The Hall–Kier alpha value is -1.59. The molecule has 0 radical (unpaired) electrons. The van der Waals surface area contributed by atoms with Crippen LogP contribution in [0.5, 0.6) is 0 Å². The standard InChI is InChI=1S/C16H23N3O2.ClH/c1-18-15(20)13-7-9-19(10-8-13)16(21)14(17)11-12-5-3-2-4-6-12;/h2-6,13-14H,7-11,17H2,1H3,(H,18,20);1H. The van der Waals surface area contributed by atoms with Gasteiger partial charge in [-0.3, -0.25) is 9.59 Å². The molecular formula is C16H24ClN3O2. The maximum Gasteiger partial charge on any atom is 0.239 e. The summed E-state index contributed by atoms with van der Waals surface area (Å²) in [6, 6.07) is 9.28. The van der Waals surface area contributed by atoms with Crippen molar-refractivity contribution in [2.45, 2.75) is 25.3 Å². The largest absolute Gasteiger partial charge is 0.359 e. The van der Waals surface area contributed by atoms with Gasteiger partial charge in [0.05, 0.1) is 6.04 Å². The highest BCUT2D eigenvalue weighted by molar-refractivity contribution is 5.85. The van der Waals surface area contributed by atoms with Gasteiger partial charge in [-0.05, 0) is 24.8 Å². The minimum atomic E-state index is -0.510. The van der Waals surface area contributed by atoms with Crippen LogP contribution in [0.1, 0.15) is 18.4 Å². The molecule has 3 N–H and O–H groups in total. The normalized spacial score (nSPS) is 16.5. The van der Waals surface area contributed by atoms with Gasteiger partial charge in [0.25, 0.3) is 0 Å². The van der Waals surface area contributed by atoms with Gasteiger partial charge in [0, 0.05) is 26.1 Å². The smallest absolute Gasteiger partial charge is 0.239 e. The van der Waals surface area contributed by atoms with E-state index >= 15 is 0 Å². The fourth-order valence-corrected chi connectivity index (χ4v) is 2.76. The summed E-state index contributed by atoms with van der Waals surface area (Å²) >= 11 is 0. The number of hydrogen-bond donors (Lipinski definition) is 2. The number of likely N-dealkylation sites (tertiary alicyclic amines) is 1. The van der Waals surface area contributed by atoms with Crippen molar-refractivity contribution < 1.29 is 9.59 Å². The van der Waals surface area contributed by atoms with Gasteiger partial charge in [0.2, 0.25) is 11.8 Å². The molecule has 0 bridgehead atoms. The van der Waals surface area contributed by atoms with E-state index in [1.807, 2.05) is 30.3 Å². The van der Waals surface area contributed by atoms with Crippen molar-refractivity contribution in [2.75, 3.05) is 20.1 Å². The molecule has 0 aromatic heterocycles. The minimum Gasteiger partial charge on any atom is -0.359 e. The summed E-state index contributed by atoms with van der Waals surface area (Å²) in [5.74, 6) is 0.0642. The van der Waals surface area contributed by atoms with Crippen LogP contribution in [0.15, 0.2) is 30.3 Å². The quantitative estimate of drug-likeness (QED) is 0.866. The number of piperidine rings is 1. The number of halogens is 1. The van der Waals surface area contributed by atoms with Crippen molar-refractivity contribution in [1.29, 1.82) is 0 Å². The molecule has 1 unspecified atom stereocenters. The first-order valence-corrected chi connectivity index (χ1v) is 7.41. The van der Waals surface area contributed by atoms with Crippen molar-refractivity contribution >= 4 is 24.2 Å². The fourth-order valence-electron chi connectivity index (χ4n) is 2.76. The third-order valence-corrected chi connectivity index (χ3v) is 4.04. The average Bonchev–Trinajstić information content (AvgIpc) is 2.54. The number of rotatable bonds is 4. The van der Waals surface area contributed by atoms with Crippen LogP contribution in [0, 0.1) is 5.92 Å². The maximum absolute atomic E-state index is 12.3. The maximum atomic E-state index is 12.3. The number of benzene rings is 1. The molecule has 1 saturated heterocycles. The van der Waals surface area contributed by atoms with Gasteiger partial charge in [-0.25, -0.2) is 0 Å². The first kappa shape index (κ1) is 18.5. The number of nitrogens with one attached hydrogen (secondary N) is 1. The summed E-state index contributed by atoms with van der Waals surface area (Å²) in [7, 11) is 1.65. The topological polar surface area (TPSA) is 75.4 Å². The van der Waals surface area contributed by atoms with Crippen LogP contribution < -0.4 is 11.1 Å². The van der Waals surface area contributed by atoms with Gasteiger partial charge < -0.3 is 16.0 Å². The number of carbonyl (C=O) groups is 2. The lowest BCUT2D eigenvalue weighted by molar-refractivity contribution is -0.136. The van der Waals surface area contributed by atoms with E-state index in [0.717, 1.165) is 5.56 Å². The zero-order chi connectivity index (χ0) is 15.2. The highest BCUT2D eigenvalue weighted by Gasteiger charge is 2.29. The van der Waals surface area contributed by atoms with E-state index in [1.54, 1.807) is 11.9 Å². The first-order valence-electron chi connectivity index (χ1n) is 7.41. The van der Waals surface area contributed by atoms with E-state index in [9.17, 15) is 9.59 Å². The molecule has 1 aromatic rings. The summed E-state index contributed by atoms with van der Waals surface area (Å²) in [4.78, 5) is 25.7. The molecule has 0 saturated carbocycles. The molecule has 1 fully saturated rings.